The Labute approximate surface area is 117 Å². The molecule has 0 saturated carbocycles. The van der Waals surface area contributed by atoms with Crippen LogP contribution in [0.15, 0.2) is 30.3 Å². The van der Waals surface area contributed by atoms with E-state index in [1.165, 1.54) is 0 Å². The van der Waals surface area contributed by atoms with Gasteiger partial charge in [0.2, 0.25) is 0 Å². The standard InChI is InChI=1S/C16H27NO2/c1-16(2,18-4)12-10-14(17-3)11-13-19-15-8-6-5-7-9-15/h5-9,14,17H,10-13H2,1-4H3. The highest BCUT2D eigenvalue weighted by atomic mass is 16.5. The molecule has 3 nitrogen and oxygen atoms in total. The second kappa shape index (κ2) is 8.18. The summed E-state index contributed by atoms with van der Waals surface area (Å²) in [5.41, 5.74) is -0.0462. The molecule has 1 rings (SSSR count). The number of hydrogen-bond donors (Lipinski definition) is 1. The van der Waals surface area contributed by atoms with Gasteiger partial charge in [-0.3, -0.25) is 0 Å². The number of rotatable bonds is 9. The van der Waals surface area contributed by atoms with E-state index in [9.17, 15) is 0 Å². The number of ether oxygens (including phenoxy) is 2. The zero-order valence-corrected chi connectivity index (χ0v) is 12.6. The first-order valence-corrected chi connectivity index (χ1v) is 6.97. The summed E-state index contributed by atoms with van der Waals surface area (Å²) in [6.45, 7) is 4.99. The molecule has 0 aliphatic rings. The van der Waals surface area contributed by atoms with E-state index < -0.39 is 0 Å². The van der Waals surface area contributed by atoms with Crippen molar-refractivity contribution in [2.45, 2.75) is 44.8 Å². The van der Waals surface area contributed by atoms with Crippen LogP contribution in [0.2, 0.25) is 0 Å². The molecule has 0 radical (unpaired) electrons. The molecule has 0 saturated heterocycles. The predicted octanol–water partition coefficient (Wildman–Crippen LogP) is 3.25. The number of hydrogen-bond acceptors (Lipinski definition) is 3. The van der Waals surface area contributed by atoms with Gasteiger partial charge >= 0.3 is 0 Å². The molecule has 1 aromatic rings. The lowest BCUT2D eigenvalue weighted by Gasteiger charge is -2.25. The molecule has 0 bridgehead atoms. The number of benzene rings is 1. The topological polar surface area (TPSA) is 30.5 Å². The fourth-order valence-electron chi connectivity index (χ4n) is 1.89. The molecule has 19 heavy (non-hydrogen) atoms. The van der Waals surface area contributed by atoms with Crippen molar-refractivity contribution in [2.24, 2.45) is 0 Å². The quantitative estimate of drug-likeness (QED) is 0.743. The smallest absolute Gasteiger partial charge is 0.119 e. The van der Waals surface area contributed by atoms with Crippen LogP contribution in [0, 0.1) is 0 Å². The molecule has 0 spiro atoms. The van der Waals surface area contributed by atoms with Crippen LogP contribution in [0.5, 0.6) is 5.75 Å². The molecule has 1 aromatic carbocycles. The van der Waals surface area contributed by atoms with Crippen LogP contribution in [0.1, 0.15) is 33.1 Å². The summed E-state index contributed by atoms with van der Waals surface area (Å²) in [7, 11) is 3.78. The Morgan fingerprint density at radius 3 is 2.42 bits per heavy atom. The Hall–Kier alpha value is -1.06. The maximum Gasteiger partial charge on any atom is 0.119 e. The Morgan fingerprint density at radius 2 is 1.84 bits per heavy atom. The lowest BCUT2D eigenvalue weighted by molar-refractivity contribution is 0.0114. The van der Waals surface area contributed by atoms with Gasteiger partial charge in [0.25, 0.3) is 0 Å². The Kier molecular flexibility index (Phi) is 6.89. The van der Waals surface area contributed by atoms with Gasteiger partial charge in [-0.15, -0.1) is 0 Å². The third-order valence-electron chi connectivity index (χ3n) is 3.53. The van der Waals surface area contributed by atoms with E-state index in [0.717, 1.165) is 31.6 Å². The molecule has 1 N–H and O–H groups in total. The minimum atomic E-state index is -0.0462. The van der Waals surface area contributed by atoms with E-state index in [2.05, 4.69) is 19.2 Å². The van der Waals surface area contributed by atoms with Crippen LogP contribution in [0.3, 0.4) is 0 Å². The third kappa shape index (κ3) is 6.60. The van der Waals surface area contributed by atoms with Crippen molar-refractivity contribution in [3.05, 3.63) is 30.3 Å². The van der Waals surface area contributed by atoms with E-state index in [0.29, 0.717) is 6.04 Å². The van der Waals surface area contributed by atoms with Crippen LogP contribution in [0.4, 0.5) is 0 Å². The van der Waals surface area contributed by atoms with E-state index >= 15 is 0 Å². The Balaban J connectivity index is 2.25. The number of methoxy groups -OCH3 is 1. The van der Waals surface area contributed by atoms with Crippen LogP contribution >= 0.6 is 0 Å². The van der Waals surface area contributed by atoms with E-state index in [1.807, 2.05) is 37.4 Å². The van der Waals surface area contributed by atoms with Gasteiger partial charge in [0, 0.05) is 13.2 Å². The molecule has 108 valence electrons. The first-order chi connectivity index (χ1) is 9.07. The van der Waals surface area contributed by atoms with Gasteiger partial charge in [-0.25, -0.2) is 0 Å². The zero-order chi connectivity index (χ0) is 14.1. The van der Waals surface area contributed by atoms with Gasteiger partial charge in [0.05, 0.1) is 12.2 Å². The average Bonchev–Trinajstić information content (AvgIpc) is 2.43. The van der Waals surface area contributed by atoms with E-state index in [4.69, 9.17) is 9.47 Å². The van der Waals surface area contributed by atoms with Gasteiger partial charge in [0.1, 0.15) is 5.75 Å². The van der Waals surface area contributed by atoms with Gasteiger partial charge in [-0.05, 0) is 52.3 Å². The highest BCUT2D eigenvalue weighted by molar-refractivity contribution is 5.20. The molecule has 0 aliphatic carbocycles. The molecule has 0 heterocycles. The van der Waals surface area contributed by atoms with Crippen LogP contribution < -0.4 is 10.1 Å². The minimum absolute atomic E-state index is 0.0462. The largest absolute Gasteiger partial charge is 0.494 e. The van der Waals surface area contributed by atoms with Crippen molar-refractivity contribution < 1.29 is 9.47 Å². The first-order valence-electron chi connectivity index (χ1n) is 6.97. The summed E-state index contributed by atoms with van der Waals surface area (Å²) in [6.07, 6.45) is 3.14. The molecule has 1 unspecified atom stereocenters. The summed E-state index contributed by atoms with van der Waals surface area (Å²) in [6, 6.07) is 10.4. The maximum atomic E-state index is 5.73. The zero-order valence-electron chi connectivity index (χ0n) is 12.6. The van der Waals surface area contributed by atoms with Gasteiger partial charge in [-0.2, -0.15) is 0 Å². The normalized spacial score (nSPS) is 13.3. The van der Waals surface area contributed by atoms with Gasteiger partial charge < -0.3 is 14.8 Å². The summed E-state index contributed by atoms with van der Waals surface area (Å²) in [5, 5.41) is 3.35. The lowest BCUT2D eigenvalue weighted by Crippen LogP contribution is -2.31. The summed E-state index contributed by atoms with van der Waals surface area (Å²) < 4.78 is 11.2. The average molecular weight is 265 g/mol. The molecule has 0 aliphatic heterocycles. The highest BCUT2D eigenvalue weighted by Crippen LogP contribution is 2.18. The van der Waals surface area contributed by atoms with Crippen LogP contribution in [-0.2, 0) is 4.74 Å². The van der Waals surface area contributed by atoms with Crippen molar-refractivity contribution in [3.63, 3.8) is 0 Å². The molecular formula is C16H27NO2. The SMILES string of the molecule is CNC(CCOc1ccccc1)CCC(C)(C)OC. The minimum Gasteiger partial charge on any atom is -0.494 e. The van der Waals surface area contributed by atoms with Gasteiger partial charge in [-0.1, -0.05) is 18.2 Å². The Bertz CT molecular complexity index is 338. The highest BCUT2D eigenvalue weighted by Gasteiger charge is 2.18. The lowest BCUT2D eigenvalue weighted by atomic mass is 9.97. The van der Waals surface area contributed by atoms with Crippen LogP contribution in [-0.4, -0.2) is 32.4 Å². The number of nitrogens with one attached hydrogen (secondary N) is 1. The summed E-state index contributed by atoms with van der Waals surface area (Å²) >= 11 is 0. The van der Waals surface area contributed by atoms with Crippen molar-refractivity contribution in [1.82, 2.24) is 5.32 Å². The van der Waals surface area contributed by atoms with E-state index in [1.54, 1.807) is 7.11 Å². The van der Waals surface area contributed by atoms with Crippen LogP contribution in [0.25, 0.3) is 0 Å². The van der Waals surface area contributed by atoms with Crippen molar-refractivity contribution in [2.75, 3.05) is 20.8 Å². The first kappa shape index (κ1) is 16.0. The molecule has 0 fully saturated rings. The second-order valence-corrected chi connectivity index (χ2v) is 5.44. The molecular weight excluding hydrogens is 238 g/mol. The van der Waals surface area contributed by atoms with Crippen molar-refractivity contribution >= 4 is 0 Å². The van der Waals surface area contributed by atoms with E-state index in [-0.39, 0.29) is 5.60 Å². The van der Waals surface area contributed by atoms with Crippen molar-refractivity contribution in [3.8, 4) is 5.75 Å². The fraction of sp³-hybridized carbons (Fsp3) is 0.625. The fourth-order valence-corrected chi connectivity index (χ4v) is 1.89. The molecule has 0 amide bonds. The third-order valence-corrected chi connectivity index (χ3v) is 3.53. The molecule has 3 heteroatoms. The van der Waals surface area contributed by atoms with Crippen molar-refractivity contribution in [1.29, 1.82) is 0 Å². The monoisotopic (exact) mass is 265 g/mol. The Morgan fingerprint density at radius 1 is 1.16 bits per heavy atom. The number of para-hydroxylation sites is 1. The summed E-state index contributed by atoms with van der Waals surface area (Å²) in [4.78, 5) is 0. The predicted molar refractivity (Wildman–Crippen MR) is 79.7 cm³/mol. The second-order valence-electron chi connectivity index (χ2n) is 5.44. The maximum absolute atomic E-state index is 5.73. The summed E-state index contributed by atoms with van der Waals surface area (Å²) in [5.74, 6) is 0.939. The molecule has 1 atom stereocenters. The molecule has 0 aromatic heterocycles. The van der Waals surface area contributed by atoms with Gasteiger partial charge in [0.15, 0.2) is 0 Å².